The van der Waals surface area contributed by atoms with Gasteiger partial charge in [-0.15, -0.1) is 0 Å². The smallest absolute Gasteiger partial charge is 0.253 e. The average molecular weight is 410 g/mol. The molecule has 1 amide bonds. The molecule has 160 valence electrons. The minimum absolute atomic E-state index is 0.0789. The Labute approximate surface area is 178 Å². The first kappa shape index (κ1) is 20.4. The maximum absolute atomic E-state index is 12.9. The van der Waals surface area contributed by atoms with E-state index in [0.29, 0.717) is 25.3 Å². The molecule has 0 bridgehead atoms. The van der Waals surface area contributed by atoms with Gasteiger partial charge >= 0.3 is 0 Å². The summed E-state index contributed by atoms with van der Waals surface area (Å²) >= 11 is 0. The second kappa shape index (κ2) is 9.78. The molecule has 0 radical (unpaired) electrons. The van der Waals surface area contributed by atoms with E-state index in [-0.39, 0.29) is 5.91 Å². The second-order valence-electron chi connectivity index (χ2n) is 7.91. The number of carbonyl (C=O) groups excluding carboxylic acids is 1. The largest absolute Gasteiger partial charge is 0.494 e. The van der Waals surface area contributed by atoms with E-state index in [4.69, 9.17) is 9.72 Å². The molecule has 0 aliphatic carbocycles. The normalized spacial score (nSPS) is 16.8. The standard InChI is InChI=1S/C23H31N5O2/c1-2-3-18-30-20-8-6-19(7-9-20)22(29)27-16-14-26(15-17-27)21-10-11-24-23(25-21)28-12-4-5-13-28/h6-11H,2-5,12-18H2,1H3. The van der Waals surface area contributed by atoms with Crippen molar-refractivity contribution in [1.29, 1.82) is 0 Å². The van der Waals surface area contributed by atoms with E-state index < -0.39 is 0 Å². The first-order chi connectivity index (χ1) is 14.7. The van der Waals surface area contributed by atoms with Crippen LogP contribution in [-0.2, 0) is 0 Å². The third kappa shape index (κ3) is 4.83. The molecule has 2 fully saturated rings. The quantitative estimate of drug-likeness (QED) is 0.655. The maximum Gasteiger partial charge on any atom is 0.253 e. The fourth-order valence-corrected chi connectivity index (χ4v) is 3.93. The molecule has 30 heavy (non-hydrogen) atoms. The van der Waals surface area contributed by atoms with Crippen molar-refractivity contribution in [2.45, 2.75) is 32.6 Å². The van der Waals surface area contributed by atoms with Crippen molar-refractivity contribution in [3.63, 3.8) is 0 Å². The Morgan fingerprint density at radius 2 is 1.70 bits per heavy atom. The van der Waals surface area contributed by atoms with Gasteiger partial charge in [0.15, 0.2) is 0 Å². The summed E-state index contributed by atoms with van der Waals surface area (Å²) in [5.74, 6) is 2.68. The predicted molar refractivity (Wildman–Crippen MR) is 118 cm³/mol. The lowest BCUT2D eigenvalue weighted by Gasteiger charge is -2.35. The van der Waals surface area contributed by atoms with Crippen LogP contribution in [0.15, 0.2) is 36.5 Å². The first-order valence-electron chi connectivity index (χ1n) is 11.1. The van der Waals surface area contributed by atoms with Crippen LogP contribution in [0.2, 0.25) is 0 Å². The molecule has 7 nitrogen and oxygen atoms in total. The van der Waals surface area contributed by atoms with Crippen LogP contribution in [0.1, 0.15) is 43.0 Å². The summed E-state index contributed by atoms with van der Waals surface area (Å²) in [6.45, 7) is 7.87. The van der Waals surface area contributed by atoms with Crippen LogP contribution >= 0.6 is 0 Å². The summed E-state index contributed by atoms with van der Waals surface area (Å²) in [6.07, 6.45) is 6.41. The predicted octanol–water partition coefficient (Wildman–Crippen LogP) is 3.22. The summed E-state index contributed by atoms with van der Waals surface area (Å²) in [5, 5.41) is 0. The summed E-state index contributed by atoms with van der Waals surface area (Å²) in [7, 11) is 0. The highest BCUT2D eigenvalue weighted by Gasteiger charge is 2.24. The molecule has 4 rings (SSSR count). The molecule has 2 aliphatic heterocycles. The monoisotopic (exact) mass is 409 g/mol. The molecular weight excluding hydrogens is 378 g/mol. The van der Waals surface area contributed by atoms with Crippen LogP contribution < -0.4 is 14.5 Å². The van der Waals surface area contributed by atoms with E-state index in [1.54, 1.807) is 0 Å². The van der Waals surface area contributed by atoms with Crippen molar-refractivity contribution in [3.05, 3.63) is 42.1 Å². The third-order valence-electron chi connectivity index (χ3n) is 5.78. The number of rotatable bonds is 7. The molecular formula is C23H31N5O2. The van der Waals surface area contributed by atoms with Crippen LogP contribution in [0.4, 0.5) is 11.8 Å². The van der Waals surface area contributed by atoms with E-state index in [2.05, 4.69) is 21.7 Å². The van der Waals surface area contributed by atoms with Crippen molar-refractivity contribution in [2.24, 2.45) is 0 Å². The lowest BCUT2D eigenvalue weighted by atomic mass is 10.1. The van der Waals surface area contributed by atoms with Gasteiger partial charge < -0.3 is 19.4 Å². The number of aromatic nitrogens is 2. The summed E-state index contributed by atoms with van der Waals surface area (Å²) in [5.41, 5.74) is 0.713. The van der Waals surface area contributed by atoms with Gasteiger partial charge in [-0.3, -0.25) is 4.79 Å². The number of carbonyl (C=O) groups is 1. The molecule has 0 saturated carbocycles. The van der Waals surface area contributed by atoms with Gasteiger partial charge in [0.25, 0.3) is 5.91 Å². The second-order valence-corrected chi connectivity index (χ2v) is 7.91. The highest BCUT2D eigenvalue weighted by atomic mass is 16.5. The van der Waals surface area contributed by atoms with E-state index in [9.17, 15) is 4.79 Å². The molecule has 7 heteroatoms. The number of amides is 1. The van der Waals surface area contributed by atoms with Crippen LogP contribution in [0.3, 0.4) is 0 Å². The fraction of sp³-hybridized carbons (Fsp3) is 0.522. The van der Waals surface area contributed by atoms with Crippen LogP contribution in [0, 0.1) is 0 Å². The molecule has 2 saturated heterocycles. The van der Waals surface area contributed by atoms with Gasteiger partial charge in [-0.25, -0.2) is 4.98 Å². The minimum Gasteiger partial charge on any atom is -0.494 e. The first-order valence-corrected chi connectivity index (χ1v) is 11.1. The Kier molecular flexibility index (Phi) is 6.67. The van der Waals surface area contributed by atoms with Crippen LogP contribution in [0.5, 0.6) is 5.75 Å². The maximum atomic E-state index is 12.9. The zero-order valence-corrected chi connectivity index (χ0v) is 17.8. The summed E-state index contributed by atoms with van der Waals surface area (Å²) in [4.78, 5) is 28.5. The van der Waals surface area contributed by atoms with Gasteiger partial charge in [0.2, 0.25) is 5.95 Å². The number of unbranched alkanes of at least 4 members (excludes halogenated alkanes) is 1. The molecule has 2 aromatic rings. The molecule has 0 unspecified atom stereocenters. The zero-order valence-electron chi connectivity index (χ0n) is 17.8. The fourth-order valence-electron chi connectivity index (χ4n) is 3.93. The van der Waals surface area contributed by atoms with E-state index in [1.807, 2.05) is 41.4 Å². The molecule has 1 aromatic heterocycles. The minimum atomic E-state index is 0.0789. The lowest BCUT2D eigenvalue weighted by Crippen LogP contribution is -2.49. The van der Waals surface area contributed by atoms with Crippen LogP contribution in [0.25, 0.3) is 0 Å². The highest BCUT2D eigenvalue weighted by Crippen LogP contribution is 2.21. The molecule has 0 spiro atoms. The van der Waals surface area contributed by atoms with Gasteiger partial charge in [0.05, 0.1) is 6.61 Å². The molecule has 0 N–H and O–H groups in total. The van der Waals surface area contributed by atoms with Gasteiger partial charge in [-0.2, -0.15) is 4.98 Å². The van der Waals surface area contributed by atoms with Gasteiger partial charge in [0.1, 0.15) is 11.6 Å². The lowest BCUT2D eigenvalue weighted by molar-refractivity contribution is 0.0746. The Morgan fingerprint density at radius 1 is 0.967 bits per heavy atom. The van der Waals surface area contributed by atoms with Crippen LogP contribution in [-0.4, -0.2) is 66.7 Å². The van der Waals surface area contributed by atoms with E-state index >= 15 is 0 Å². The number of anilines is 2. The Hall–Kier alpha value is -2.83. The van der Waals surface area contributed by atoms with E-state index in [0.717, 1.165) is 56.5 Å². The summed E-state index contributed by atoms with van der Waals surface area (Å²) in [6, 6.07) is 9.47. The van der Waals surface area contributed by atoms with Crippen molar-refractivity contribution in [3.8, 4) is 5.75 Å². The highest BCUT2D eigenvalue weighted by molar-refractivity contribution is 5.94. The Morgan fingerprint density at radius 3 is 2.40 bits per heavy atom. The van der Waals surface area contributed by atoms with Gasteiger partial charge in [-0.05, 0) is 49.6 Å². The number of ether oxygens (including phenoxy) is 1. The number of nitrogens with zero attached hydrogens (tertiary/aromatic N) is 5. The number of hydrogen-bond donors (Lipinski definition) is 0. The number of piperazine rings is 1. The van der Waals surface area contributed by atoms with E-state index in [1.165, 1.54) is 12.8 Å². The Bertz CT molecular complexity index is 828. The van der Waals surface area contributed by atoms with Crippen molar-refractivity contribution >= 4 is 17.7 Å². The average Bonchev–Trinajstić information content (AvgIpc) is 3.35. The van der Waals surface area contributed by atoms with Gasteiger partial charge in [0, 0.05) is 51.0 Å². The molecule has 1 aromatic carbocycles. The summed E-state index contributed by atoms with van der Waals surface area (Å²) < 4.78 is 5.69. The van der Waals surface area contributed by atoms with Crippen molar-refractivity contribution < 1.29 is 9.53 Å². The zero-order chi connectivity index (χ0) is 20.8. The third-order valence-corrected chi connectivity index (χ3v) is 5.78. The van der Waals surface area contributed by atoms with Crippen molar-refractivity contribution in [1.82, 2.24) is 14.9 Å². The number of benzene rings is 1. The molecule has 3 heterocycles. The molecule has 0 atom stereocenters. The number of hydrogen-bond acceptors (Lipinski definition) is 6. The van der Waals surface area contributed by atoms with Crippen molar-refractivity contribution in [2.75, 3.05) is 55.7 Å². The Balaban J connectivity index is 1.32. The topological polar surface area (TPSA) is 61.8 Å². The molecule has 2 aliphatic rings. The SMILES string of the molecule is CCCCOc1ccc(C(=O)N2CCN(c3ccnc(N4CCCC4)n3)CC2)cc1. The van der Waals surface area contributed by atoms with Gasteiger partial charge in [-0.1, -0.05) is 13.3 Å².